The van der Waals surface area contributed by atoms with Crippen LogP contribution in [-0.4, -0.2) is 47.9 Å². The first kappa shape index (κ1) is 19.3. The summed E-state index contributed by atoms with van der Waals surface area (Å²) in [6.07, 6.45) is 0. The Balaban J connectivity index is 3.31. The van der Waals surface area contributed by atoms with Crippen LogP contribution in [0.15, 0.2) is 12.1 Å². The number of hydrogen-bond acceptors (Lipinski definition) is 8. The number of ether oxygens (including phenoxy) is 3. The Morgan fingerprint density at radius 3 is 1.67 bits per heavy atom. The van der Waals surface area contributed by atoms with Crippen molar-refractivity contribution in [2.24, 2.45) is 0 Å². The molecule has 0 unspecified atom stereocenters. The van der Waals surface area contributed by atoms with Gasteiger partial charge in [-0.25, -0.2) is 4.79 Å². The Morgan fingerprint density at radius 1 is 0.875 bits per heavy atom. The van der Waals surface area contributed by atoms with E-state index < -0.39 is 40.9 Å². The van der Waals surface area contributed by atoms with E-state index in [0.29, 0.717) is 0 Å². The zero-order valence-corrected chi connectivity index (χ0v) is 13.7. The van der Waals surface area contributed by atoms with Crippen LogP contribution < -0.4 is 0 Å². The summed E-state index contributed by atoms with van der Waals surface area (Å²) in [5.74, 6) is -5.44. The van der Waals surface area contributed by atoms with Gasteiger partial charge in [0, 0.05) is 0 Å². The Labute approximate surface area is 138 Å². The third-order valence-electron chi connectivity index (χ3n) is 2.98. The van der Waals surface area contributed by atoms with Crippen molar-refractivity contribution in [3.8, 4) is 11.5 Å². The monoisotopic (exact) mass is 340 g/mol. The van der Waals surface area contributed by atoms with Crippen LogP contribution in [0.1, 0.15) is 42.6 Å². The number of carbonyl (C=O) groups excluding carboxylic acids is 3. The lowest BCUT2D eigenvalue weighted by Crippen LogP contribution is -2.26. The van der Waals surface area contributed by atoms with E-state index in [0.717, 1.165) is 12.1 Å². The summed E-state index contributed by atoms with van der Waals surface area (Å²) in [7, 11) is 0. The average molecular weight is 340 g/mol. The lowest BCUT2D eigenvalue weighted by Gasteiger charge is -2.16. The van der Waals surface area contributed by atoms with Gasteiger partial charge in [0.1, 0.15) is 17.1 Å². The molecule has 132 valence electrons. The first-order valence-electron chi connectivity index (χ1n) is 7.43. The van der Waals surface area contributed by atoms with E-state index in [1.807, 2.05) is 0 Å². The van der Waals surface area contributed by atoms with Crippen molar-refractivity contribution in [1.82, 2.24) is 0 Å². The minimum atomic E-state index is -1.49. The van der Waals surface area contributed by atoms with Crippen LogP contribution in [0.4, 0.5) is 0 Å². The Hall–Kier alpha value is -2.77. The fourth-order valence-corrected chi connectivity index (χ4v) is 2.03. The summed E-state index contributed by atoms with van der Waals surface area (Å²) in [6, 6.07) is 2.04. The van der Waals surface area contributed by atoms with Gasteiger partial charge in [0.25, 0.3) is 0 Å². The highest BCUT2D eigenvalue weighted by Gasteiger charge is 2.33. The van der Waals surface area contributed by atoms with Crippen molar-refractivity contribution >= 4 is 17.9 Å². The van der Waals surface area contributed by atoms with Gasteiger partial charge in [-0.2, -0.15) is 0 Å². The second-order valence-corrected chi connectivity index (χ2v) is 4.59. The molecule has 1 aromatic carbocycles. The molecule has 0 saturated carbocycles. The second-order valence-electron chi connectivity index (χ2n) is 4.59. The van der Waals surface area contributed by atoms with Crippen molar-refractivity contribution in [2.75, 3.05) is 19.8 Å². The Bertz CT molecular complexity index is 581. The van der Waals surface area contributed by atoms with Gasteiger partial charge >= 0.3 is 17.9 Å². The average Bonchev–Trinajstić information content (AvgIpc) is 2.47. The van der Waals surface area contributed by atoms with Crippen LogP contribution in [0.3, 0.4) is 0 Å². The highest BCUT2D eigenvalue weighted by Crippen LogP contribution is 2.33. The molecule has 8 nitrogen and oxygen atoms in total. The molecule has 0 aromatic heterocycles. The quantitative estimate of drug-likeness (QED) is 0.435. The first-order valence-corrected chi connectivity index (χ1v) is 7.43. The zero-order chi connectivity index (χ0) is 18.3. The fourth-order valence-electron chi connectivity index (χ4n) is 2.03. The number of hydrogen-bond donors (Lipinski definition) is 2. The number of rotatable bonds is 7. The first-order chi connectivity index (χ1) is 11.4. The molecule has 24 heavy (non-hydrogen) atoms. The third kappa shape index (κ3) is 4.37. The van der Waals surface area contributed by atoms with Crippen LogP contribution >= 0.6 is 0 Å². The van der Waals surface area contributed by atoms with Gasteiger partial charge in [-0.15, -0.1) is 0 Å². The molecule has 1 aromatic rings. The Kier molecular flexibility index (Phi) is 7.03. The predicted octanol–water partition coefficient (Wildman–Crippen LogP) is 1.48. The van der Waals surface area contributed by atoms with E-state index >= 15 is 0 Å². The van der Waals surface area contributed by atoms with Crippen LogP contribution in [0.2, 0.25) is 0 Å². The molecule has 1 rings (SSSR count). The van der Waals surface area contributed by atoms with Crippen LogP contribution in [0, 0.1) is 0 Å². The molecule has 0 heterocycles. The number of aromatic hydroxyl groups is 2. The van der Waals surface area contributed by atoms with Crippen molar-refractivity contribution < 1.29 is 38.8 Å². The van der Waals surface area contributed by atoms with Gasteiger partial charge in [0.2, 0.25) is 0 Å². The SMILES string of the molecule is CCOC(=O)c1c(O)cc(C(C(=O)OCC)C(=O)OCC)cc1O. The minimum absolute atomic E-state index is 0.0353. The van der Waals surface area contributed by atoms with Crippen molar-refractivity contribution in [3.05, 3.63) is 23.3 Å². The van der Waals surface area contributed by atoms with Crippen molar-refractivity contribution in [2.45, 2.75) is 26.7 Å². The van der Waals surface area contributed by atoms with Crippen molar-refractivity contribution in [3.63, 3.8) is 0 Å². The molecule has 2 N–H and O–H groups in total. The van der Waals surface area contributed by atoms with E-state index in [-0.39, 0.29) is 25.4 Å². The lowest BCUT2D eigenvalue weighted by atomic mass is 9.96. The molecule has 0 aliphatic heterocycles. The fraction of sp³-hybridized carbons (Fsp3) is 0.438. The molecule has 0 amide bonds. The van der Waals surface area contributed by atoms with E-state index in [2.05, 4.69) is 0 Å². The zero-order valence-electron chi connectivity index (χ0n) is 13.7. The molecule has 0 aliphatic rings. The summed E-state index contributed by atoms with van der Waals surface area (Å²) in [5.41, 5.74) is -0.512. The molecule has 0 aliphatic carbocycles. The highest BCUT2D eigenvalue weighted by molar-refractivity contribution is 6.02. The van der Waals surface area contributed by atoms with E-state index in [1.165, 1.54) is 0 Å². The molecule has 0 radical (unpaired) electrons. The summed E-state index contributed by atoms with van der Waals surface area (Å²) >= 11 is 0. The van der Waals surface area contributed by atoms with E-state index in [1.54, 1.807) is 20.8 Å². The summed E-state index contributed by atoms with van der Waals surface area (Å²) in [4.78, 5) is 35.8. The molecule has 8 heteroatoms. The van der Waals surface area contributed by atoms with Gasteiger partial charge in [0.15, 0.2) is 5.92 Å². The molecule has 0 fully saturated rings. The molecular formula is C16H20O8. The van der Waals surface area contributed by atoms with Gasteiger partial charge in [-0.1, -0.05) is 0 Å². The number of carbonyl (C=O) groups is 3. The van der Waals surface area contributed by atoms with Crippen molar-refractivity contribution in [1.29, 1.82) is 0 Å². The molecule has 0 spiro atoms. The maximum atomic E-state index is 12.0. The molecule has 0 atom stereocenters. The maximum absolute atomic E-state index is 12.0. The minimum Gasteiger partial charge on any atom is -0.507 e. The standard InChI is InChI=1S/C16H20O8/c1-4-22-14(19)12(15(20)23-5-2)9-7-10(17)13(11(18)8-9)16(21)24-6-3/h7-8,12,17-18H,4-6H2,1-3H3. The molecule has 0 bridgehead atoms. The largest absolute Gasteiger partial charge is 0.507 e. The predicted molar refractivity (Wildman–Crippen MR) is 81.7 cm³/mol. The Morgan fingerprint density at radius 2 is 1.29 bits per heavy atom. The topological polar surface area (TPSA) is 119 Å². The van der Waals surface area contributed by atoms with E-state index in [4.69, 9.17) is 14.2 Å². The van der Waals surface area contributed by atoms with Crippen LogP contribution in [0.5, 0.6) is 11.5 Å². The third-order valence-corrected chi connectivity index (χ3v) is 2.98. The maximum Gasteiger partial charge on any atom is 0.345 e. The van der Waals surface area contributed by atoms with Gasteiger partial charge in [-0.3, -0.25) is 9.59 Å². The lowest BCUT2D eigenvalue weighted by molar-refractivity contribution is -0.156. The normalized spacial score (nSPS) is 10.3. The highest BCUT2D eigenvalue weighted by atomic mass is 16.6. The number of benzene rings is 1. The van der Waals surface area contributed by atoms with Crippen LogP contribution in [0.25, 0.3) is 0 Å². The summed E-state index contributed by atoms with van der Waals surface area (Å²) in [6.45, 7) is 4.82. The van der Waals surface area contributed by atoms with Gasteiger partial charge in [-0.05, 0) is 38.5 Å². The van der Waals surface area contributed by atoms with E-state index in [9.17, 15) is 24.6 Å². The number of phenolic OH excluding ortho intramolecular Hbond substituents is 2. The smallest absolute Gasteiger partial charge is 0.345 e. The van der Waals surface area contributed by atoms with Gasteiger partial charge in [0.05, 0.1) is 19.8 Å². The van der Waals surface area contributed by atoms with Crippen LogP contribution in [-0.2, 0) is 23.8 Å². The van der Waals surface area contributed by atoms with Gasteiger partial charge < -0.3 is 24.4 Å². The summed E-state index contributed by atoms with van der Waals surface area (Å²) in [5, 5.41) is 20.0. The molecular weight excluding hydrogens is 320 g/mol. The molecule has 0 saturated heterocycles. The summed E-state index contributed by atoms with van der Waals surface area (Å²) < 4.78 is 14.4. The second kappa shape index (κ2) is 8.76. The number of esters is 3. The number of phenols is 2.